The van der Waals surface area contributed by atoms with Gasteiger partial charge in [-0.3, -0.25) is 0 Å². The van der Waals surface area contributed by atoms with E-state index in [-0.39, 0.29) is 0 Å². The van der Waals surface area contributed by atoms with Crippen LogP contribution in [0.3, 0.4) is 0 Å². The highest BCUT2D eigenvalue weighted by Gasteiger charge is 2.20. The largest absolute Gasteiger partial charge is 0.319 e. The summed E-state index contributed by atoms with van der Waals surface area (Å²) in [6, 6.07) is 6.29. The van der Waals surface area contributed by atoms with E-state index in [2.05, 4.69) is 26.0 Å². The molecule has 0 aromatic heterocycles. The molecule has 15 heavy (non-hydrogen) atoms. The van der Waals surface area contributed by atoms with Crippen molar-refractivity contribution in [1.82, 2.24) is 0 Å². The van der Waals surface area contributed by atoms with Crippen molar-refractivity contribution in [3.63, 3.8) is 0 Å². The van der Waals surface area contributed by atoms with Crippen molar-refractivity contribution in [2.75, 3.05) is 12.3 Å². The molecular formula is C13H21OP. The van der Waals surface area contributed by atoms with Gasteiger partial charge in [-0.15, -0.1) is 0 Å². The van der Waals surface area contributed by atoms with Crippen LogP contribution in [0.2, 0.25) is 0 Å². The van der Waals surface area contributed by atoms with Crippen LogP contribution in [0.4, 0.5) is 0 Å². The van der Waals surface area contributed by atoms with Gasteiger partial charge in [0.05, 0.1) is 0 Å². The SMILES string of the molecule is CCc1cc(P(=O)(CC)CC)ccc1C. The number of hydrogen-bond donors (Lipinski definition) is 0. The lowest BCUT2D eigenvalue weighted by Gasteiger charge is -2.16. The average molecular weight is 224 g/mol. The molecule has 0 saturated carbocycles. The molecule has 84 valence electrons. The second-order valence-electron chi connectivity index (χ2n) is 3.99. The van der Waals surface area contributed by atoms with Crippen molar-refractivity contribution in [3.8, 4) is 0 Å². The molecule has 1 aromatic rings. The summed E-state index contributed by atoms with van der Waals surface area (Å²) in [6.45, 7) is 8.31. The highest BCUT2D eigenvalue weighted by Crippen LogP contribution is 2.43. The molecule has 0 aliphatic rings. The molecule has 1 rings (SSSR count). The molecule has 0 N–H and O–H groups in total. The van der Waals surface area contributed by atoms with E-state index in [1.807, 2.05) is 19.9 Å². The second-order valence-corrected chi connectivity index (χ2v) is 7.55. The van der Waals surface area contributed by atoms with Gasteiger partial charge in [-0.05, 0) is 30.5 Å². The summed E-state index contributed by atoms with van der Waals surface area (Å²) in [4.78, 5) is 0. The highest BCUT2D eigenvalue weighted by molar-refractivity contribution is 7.71. The first-order chi connectivity index (χ1) is 7.07. The molecule has 0 unspecified atom stereocenters. The van der Waals surface area contributed by atoms with Gasteiger partial charge in [0.15, 0.2) is 0 Å². The zero-order valence-electron chi connectivity index (χ0n) is 10.2. The maximum absolute atomic E-state index is 12.5. The maximum atomic E-state index is 12.5. The molecule has 0 aliphatic carbocycles. The van der Waals surface area contributed by atoms with Crippen LogP contribution in [0, 0.1) is 6.92 Å². The van der Waals surface area contributed by atoms with E-state index < -0.39 is 7.14 Å². The molecule has 0 amide bonds. The zero-order chi connectivity index (χ0) is 11.5. The van der Waals surface area contributed by atoms with Crippen molar-refractivity contribution >= 4 is 12.4 Å². The molecule has 2 heteroatoms. The van der Waals surface area contributed by atoms with E-state index in [1.165, 1.54) is 11.1 Å². The summed E-state index contributed by atoms with van der Waals surface area (Å²) >= 11 is 0. The Morgan fingerprint density at radius 3 is 2.20 bits per heavy atom. The van der Waals surface area contributed by atoms with Crippen LogP contribution in [-0.2, 0) is 11.0 Å². The molecular weight excluding hydrogens is 203 g/mol. The van der Waals surface area contributed by atoms with Gasteiger partial charge < -0.3 is 4.57 Å². The monoisotopic (exact) mass is 224 g/mol. The maximum Gasteiger partial charge on any atom is 0.115 e. The lowest BCUT2D eigenvalue weighted by Crippen LogP contribution is -2.10. The number of aryl methyl sites for hydroxylation is 2. The minimum Gasteiger partial charge on any atom is -0.319 e. The van der Waals surface area contributed by atoms with Crippen LogP contribution >= 0.6 is 7.14 Å². The standard InChI is InChI=1S/C13H21OP/c1-5-12-10-13(9-8-11(12)4)15(14,6-2)7-3/h8-10H,5-7H2,1-4H3. The summed E-state index contributed by atoms with van der Waals surface area (Å²) in [5, 5.41) is 1.06. The Morgan fingerprint density at radius 1 is 1.13 bits per heavy atom. The van der Waals surface area contributed by atoms with Crippen LogP contribution in [0.25, 0.3) is 0 Å². The van der Waals surface area contributed by atoms with Crippen molar-refractivity contribution in [3.05, 3.63) is 29.3 Å². The third kappa shape index (κ3) is 2.52. The van der Waals surface area contributed by atoms with Crippen LogP contribution in [0.5, 0.6) is 0 Å². The van der Waals surface area contributed by atoms with Crippen LogP contribution in [-0.4, -0.2) is 12.3 Å². The average Bonchev–Trinajstić information content (AvgIpc) is 2.28. The first-order valence-corrected chi connectivity index (χ1v) is 7.83. The highest BCUT2D eigenvalue weighted by atomic mass is 31.2. The quantitative estimate of drug-likeness (QED) is 0.714. The molecule has 0 fully saturated rings. The van der Waals surface area contributed by atoms with Gasteiger partial charge in [0.1, 0.15) is 7.14 Å². The van der Waals surface area contributed by atoms with Crippen molar-refractivity contribution in [2.24, 2.45) is 0 Å². The third-order valence-electron chi connectivity index (χ3n) is 3.21. The van der Waals surface area contributed by atoms with Gasteiger partial charge in [-0.2, -0.15) is 0 Å². The fourth-order valence-electron chi connectivity index (χ4n) is 1.88. The molecule has 0 radical (unpaired) electrons. The first-order valence-electron chi connectivity index (χ1n) is 5.75. The van der Waals surface area contributed by atoms with Crippen LogP contribution in [0.1, 0.15) is 31.9 Å². The lowest BCUT2D eigenvalue weighted by atomic mass is 10.1. The number of benzene rings is 1. The normalized spacial score (nSPS) is 11.7. The molecule has 0 bridgehead atoms. The fraction of sp³-hybridized carbons (Fsp3) is 0.538. The minimum atomic E-state index is -2.09. The van der Waals surface area contributed by atoms with Gasteiger partial charge in [0.2, 0.25) is 0 Å². The zero-order valence-corrected chi connectivity index (χ0v) is 11.1. The fourth-order valence-corrected chi connectivity index (χ4v) is 3.80. The summed E-state index contributed by atoms with van der Waals surface area (Å²) in [5.41, 5.74) is 2.63. The molecule has 0 saturated heterocycles. The molecule has 0 aliphatic heterocycles. The summed E-state index contributed by atoms with van der Waals surface area (Å²) in [7, 11) is -2.09. The Morgan fingerprint density at radius 2 is 1.73 bits per heavy atom. The van der Waals surface area contributed by atoms with Crippen molar-refractivity contribution < 1.29 is 4.57 Å². The van der Waals surface area contributed by atoms with E-state index in [0.717, 1.165) is 24.0 Å². The Bertz CT molecular complexity index is 374. The predicted molar refractivity (Wildman–Crippen MR) is 68.9 cm³/mol. The van der Waals surface area contributed by atoms with E-state index in [9.17, 15) is 4.57 Å². The molecule has 0 atom stereocenters. The van der Waals surface area contributed by atoms with E-state index in [4.69, 9.17) is 0 Å². The Balaban J connectivity index is 3.21. The Kier molecular flexibility index (Phi) is 4.16. The van der Waals surface area contributed by atoms with Gasteiger partial charge in [-0.25, -0.2) is 0 Å². The van der Waals surface area contributed by atoms with Crippen LogP contribution in [0.15, 0.2) is 18.2 Å². The molecule has 1 aromatic carbocycles. The summed E-state index contributed by atoms with van der Waals surface area (Å²) in [6.07, 6.45) is 2.57. The van der Waals surface area contributed by atoms with Crippen molar-refractivity contribution in [2.45, 2.75) is 34.1 Å². The molecule has 0 heterocycles. The minimum absolute atomic E-state index is 0.774. The van der Waals surface area contributed by atoms with Gasteiger partial charge >= 0.3 is 0 Å². The molecule has 1 nitrogen and oxygen atoms in total. The Labute approximate surface area is 93.3 Å². The topological polar surface area (TPSA) is 17.1 Å². The van der Waals surface area contributed by atoms with E-state index in [0.29, 0.717) is 0 Å². The van der Waals surface area contributed by atoms with Gasteiger partial charge in [0.25, 0.3) is 0 Å². The van der Waals surface area contributed by atoms with Gasteiger partial charge in [-0.1, -0.05) is 32.9 Å². The number of rotatable bonds is 4. The second kappa shape index (κ2) is 4.99. The van der Waals surface area contributed by atoms with Crippen LogP contribution < -0.4 is 5.30 Å². The van der Waals surface area contributed by atoms with Gasteiger partial charge in [0, 0.05) is 17.6 Å². The predicted octanol–water partition coefficient (Wildman–Crippen LogP) is 3.59. The smallest absolute Gasteiger partial charge is 0.115 e. The number of hydrogen-bond acceptors (Lipinski definition) is 1. The summed E-state index contributed by atoms with van der Waals surface area (Å²) in [5.74, 6) is 0. The Hall–Kier alpha value is -0.550. The third-order valence-corrected chi connectivity index (χ3v) is 6.47. The van der Waals surface area contributed by atoms with Crippen molar-refractivity contribution in [1.29, 1.82) is 0 Å². The molecule has 0 spiro atoms. The first kappa shape index (κ1) is 12.5. The summed E-state index contributed by atoms with van der Waals surface area (Å²) < 4.78 is 12.5. The van der Waals surface area contributed by atoms with E-state index >= 15 is 0 Å². The lowest BCUT2D eigenvalue weighted by molar-refractivity contribution is 0.582. The van der Waals surface area contributed by atoms with E-state index in [1.54, 1.807) is 0 Å².